The van der Waals surface area contributed by atoms with Crippen LogP contribution in [-0.4, -0.2) is 31.2 Å². The molecule has 110 valence electrons. The van der Waals surface area contributed by atoms with E-state index in [0.29, 0.717) is 23.6 Å². The van der Waals surface area contributed by atoms with Crippen molar-refractivity contribution in [1.82, 2.24) is 10.3 Å². The zero-order valence-corrected chi connectivity index (χ0v) is 11.3. The van der Waals surface area contributed by atoms with Crippen molar-refractivity contribution in [3.05, 3.63) is 24.0 Å². The van der Waals surface area contributed by atoms with Crippen molar-refractivity contribution in [3.63, 3.8) is 0 Å². The molecule has 1 aliphatic heterocycles. The van der Waals surface area contributed by atoms with Gasteiger partial charge in [0.05, 0.1) is 0 Å². The van der Waals surface area contributed by atoms with Crippen LogP contribution in [0.2, 0.25) is 0 Å². The lowest BCUT2D eigenvalue weighted by Gasteiger charge is -2.39. The number of nitrogens with zero attached hydrogens (tertiary/aromatic N) is 2. The first-order valence-corrected chi connectivity index (χ1v) is 6.94. The van der Waals surface area contributed by atoms with E-state index >= 15 is 0 Å². The van der Waals surface area contributed by atoms with Gasteiger partial charge in [0.2, 0.25) is 0 Å². The molecule has 0 aromatic carbocycles. The first-order valence-electron chi connectivity index (χ1n) is 6.94. The van der Waals surface area contributed by atoms with Crippen molar-refractivity contribution in [3.8, 4) is 0 Å². The predicted octanol–water partition coefficient (Wildman–Crippen LogP) is 2.53. The Hall–Kier alpha value is -1.30. The summed E-state index contributed by atoms with van der Waals surface area (Å²) >= 11 is 0. The summed E-state index contributed by atoms with van der Waals surface area (Å²) < 4.78 is 38.2. The highest BCUT2D eigenvalue weighted by Gasteiger charge is 2.41. The zero-order valence-electron chi connectivity index (χ0n) is 11.3. The molecule has 2 bridgehead atoms. The Morgan fingerprint density at radius 3 is 2.45 bits per heavy atom. The molecule has 3 nitrogen and oxygen atoms in total. The fourth-order valence-electron chi connectivity index (χ4n) is 3.68. The van der Waals surface area contributed by atoms with Gasteiger partial charge in [-0.25, -0.2) is 0 Å². The molecule has 1 saturated carbocycles. The summed E-state index contributed by atoms with van der Waals surface area (Å²) in [5, 5.41) is 3.35. The van der Waals surface area contributed by atoms with Crippen LogP contribution in [-0.2, 0) is 6.18 Å². The number of anilines is 1. The third-order valence-corrected chi connectivity index (χ3v) is 4.57. The third kappa shape index (κ3) is 2.37. The van der Waals surface area contributed by atoms with Crippen molar-refractivity contribution in [2.24, 2.45) is 11.8 Å². The van der Waals surface area contributed by atoms with Crippen LogP contribution in [0.3, 0.4) is 0 Å². The van der Waals surface area contributed by atoms with Gasteiger partial charge in [0.25, 0.3) is 0 Å². The van der Waals surface area contributed by atoms with E-state index in [1.165, 1.54) is 12.3 Å². The minimum absolute atomic E-state index is 0.509. The number of pyridine rings is 1. The van der Waals surface area contributed by atoms with E-state index in [0.717, 1.165) is 25.9 Å². The highest BCUT2D eigenvalue weighted by atomic mass is 19.4. The van der Waals surface area contributed by atoms with Crippen molar-refractivity contribution < 1.29 is 13.2 Å². The number of nitrogens with one attached hydrogen (secondary N) is 1. The van der Waals surface area contributed by atoms with Crippen molar-refractivity contribution in [2.75, 3.05) is 25.0 Å². The smallest absolute Gasteiger partial charge is 0.371 e. The van der Waals surface area contributed by atoms with Crippen LogP contribution in [0, 0.1) is 11.8 Å². The Balaban J connectivity index is 1.81. The van der Waals surface area contributed by atoms with E-state index in [4.69, 9.17) is 0 Å². The molecule has 1 aliphatic carbocycles. The minimum atomic E-state index is -4.38. The quantitative estimate of drug-likeness (QED) is 0.905. The van der Waals surface area contributed by atoms with E-state index in [2.05, 4.69) is 15.2 Å². The Morgan fingerprint density at radius 1 is 1.25 bits per heavy atom. The third-order valence-electron chi connectivity index (χ3n) is 4.57. The second-order valence-corrected chi connectivity index (χ2v) is 5.71. The van der Waals surface area contributed by atoms with Crippen LogP contribution in [0.15, 0.2) is 18.3 Å². The molecule has 2 unspecified atom stereocenters. The lowest BCUT2D eigenvalue weighted by atomic mass is 9.92. The topological polar surface area (TPSA) is 28.2 Å². The number of hydrogen-bond acceptors (Lipinski definition) is 3. The van der Waals surface area contributed by atoms with Gasteiger partial charge in [-0.1, -0.05) is 0 Å². The summed E-state index contributed by atoms with van der Waals surface area (Å²) in [5.41, 5.74) is -0.170. The highest BCUT2D eigenvalue weighted by molar-refractivity contribution is 5.48. The molecule has 0 amide bonds. The Labute approximate surface area is 116 Å². The van der Waals surface area contributed by atoms with Gasteiger partial charge in [-0.15, -0.1) is 0 Å². The summed E-state index contributed by atoms with van der Waals surface area (Å²) in [6, 6.07) is 3.35. The fourth-order valence-corrected chi connectivity index (χ4v) is 3.68. The molecule has 2 fully saturated rings. The first-order chi connectivity index (χ1) is 9.49. The molecule has 3 rings (SSSR count). The maximum absolute atomic E-state index is 12.7. The van der Waals surface area contributed by atoms with Crippen molar-refractivity contribution in [1.29, 1.82) is 0 Å². The van der Waals surface area contributed by atoms with Crippen molar-refractivity contribution in [2.45, 2.75) is 25.1 Å². The van der Waals surface area contributed by atoms with Crippen LogP contribution < -0.4 is 10.2 Å². The van der Waals surface area contributed by atoms with Gasteiger partial charge in [-0.05, 0) is 43.9 Å². The number of piperidine rings is 1. The summed E-state index contributed by atoms with van der Waals surface area (Å²) in [6.45, 7) is 1.65. The van der Waals surface area contributed by atoms with Crippen LogP contribution >= 0.6 is 0 Å². The van der Waals surface area contributed by atoms with Gasteiger partial charge in [0, 0.05) is 31.0 Å². The Kier molecular flexibility index (Phi) is 3.36. The fraction of sp³-hybridized carbons (Fsp3) is 0.643. The van der Waals surface area contributed by atoms with Crippen molar-refractivity contribution >= 4 is 5.69 Å². The number of halogens is 3. The van der Waals surface area contributed by atoms with Gasteiger partial charge < -0.3 is 10.2 Å². The summed E-state index contributed by atoms with van der Waals surface area (Å²) in [5.74, 6) is 1.06. The summed E-state index contributed by atoms with van der Waals surface area (Å²) in [4.78, 5) is 5.50. The standard InChI is InChI=1S/C14H18F3N3/c1-18-13-9-2-3-10(13)8-20(7-9)11-4-5-19-12(6-11)14(15,16)17/h4-6,9-10,13,18H,2-3,7-8H2,1H3. The van der Waals surface area contributed by atoms with Gasteiger partial charge in [0.1, 0.15) is 5.69 Å². The number of hydrogen-bond donors (Lipinski definition) is 1. The molecule has 1 aromatic rings. The van der Waals surface area contributed by atoms with Gasteiger partial charge in [-0.3, -0.25) is 4.98 Å². The number of rotatable bonds is 2. The molecule has 2 aliphatic rings. The molecule has 1 saturated heterocycles. The Morgan fingerprint density at radius 2 is 1.90 bits per heavy atom. The van der Waals surface area contributed by atoms with E-state index in [1.807, 2.05) is 7.05 Å². The second kappa shape index (κ2) is 4.91. The predicted molar refractivity (Wildman–Crippen MR) is 70.5 cm³/mol. The molecular weight excluding hydrogens is 267 g/mol. The zero-order chi connectivity index (χ0) is 14.3. The first kappa shape index (κ1) is 13.7. The molecule has 2 atom stereocenters. The second-order valence-electron chi connectivity index (χ2n) is 5.71. The van der Waals surface area contributed by atoms with Crippen LogP contribution in [0.4, 0.5) is 18.9 Å². The van der Waals surface area contributed by atoms with E-state index in [-0.39, 0.29) is 0 Å². The van der Waals surface area contributed by atoms with Crippen LogP contribution in [0.5, 0.6) is 0 Å². The van der Waals surface area contributed by atoms with E-state index in [9.17, 15) is 13.2 Å². The highest BCUT2D eigenvalue weighted by Crippen LogP contribution is 2.39. The average Bonchev–Trinajstić information content (AvgIpc) is 2.66. The van der Waals surface area contributed by atoms with E-state index in [1.54, 1.807) is 6.07 Å². The SMILES string of the molecule is CNC1C2CCC1CN(c1ccnc(C(F)(F)F)c1)C2. The largest absolute Gasteiger partial charge is 0.433 e. The molecule has 20 heavy (non-hydrogen) atoms. The van der Waals surface area contributed by atoms with E-state index < -0.39 is 11.9 Å². The number of alkyl halides is 3. The Bertz CT molecular complexity index is 475. The summed E-state index contributed by atoms with van der Waals surface area (Å²) in [6.07, 6.45) is -0.809. The van der Waals surface area contributed by atoms with Gasteiger partial charge >= 0.3 is 6.18 Å². The average molecular weight is 285 g/mol. The molecular formula is C14H18F3N3. The van der Waals surface area contributed by atoms with Gasteiger partial charge in [0.15, 0.2) is 0 Å². The molecule has 1 aromatic heterocycles. The minimum Gasteiger partial charge on any atom is -0.371 e. The molecule has 0 spiro atoms. The monoisotopic (exact) mass is 285 g/mol. The molecule has 0 radical (unpaired) electrons. The lowest BCUT2D eigenvalue weighted by molar-refractivity contribution is -0.141. The molecule has 2 heterocycles. The number of aromatic nitrogens is 1. The van der Waals surface area contributed by atoms with Crippen LogP contribution in [0.1, 0.15) is 18.5 Å². The maximum Gasteiger partial charge on any atom is 0.433 e. The van der Waals surface area contributed by atoms with Crippen LogP contribution in [0.25, 0.3) is 0 Å². The molecule has 1 N–H and O–H groups in total. The lowest BCUT2D eigenvalue weighted by Crippen LogP contribution is -2.50. The summed E-state index contributed by atoms with van der Waals surface area (Å²) in [7, 11) is 1.97. The van der Waals surface area contributed by atoms with Gasteiger partial charge in [-0.2, -0.15) is 13.2 Å². The molecule has 6 heteroatoms. The maximum atomic E-state index is 12.7. The number of fused-ring (bicyclic) bond motifs is 2. The normalized spacial score (nSPS) is 29.8.